The fourth-order valence-electron chi connectivity index (χ4n) is 0.459. The summed E-state index contributed by atoms with van der Waals surface area (Å²) in [4.78, 5) is 0. The highest BCUT2D eigenvalue weighted by Crippen LogP contribution is 2.05. The van der Waals surface area contributed by atoms with Gasteiger partial charge in [-0.2, -0.15) is 15.8 Å². The number of hydrogen-bond donors (Lipinski definition) is 1. The molecule has 0 amide bonds. The van der Waals surface area contributed by atoms with E-state index >= 15 is 0 Å². The predicted molar refractivity (Wildman–Crippen MR) is 40.9 cm³/mol. The molecule has 0 aliphatic rings. The first-order valence-corrected chi connectivity index (χ1v) is 3.59. The van der Waals surface area contributed by atoms with Crippen molar-refractivity contribution < 1.29 is 0 Å². The van der Waals surface area contributed by atoms with Gasteiger partial charge in [0.2, 0.25) is 0 Å². The Labute approximate surface area is 62.1 Å². The van der Waals surface area contributed by atoms with E-state index < -0.39 is 0 Å². The zero-order chi connectivity index (χ0) is 6.69. The summed E-state index contributed by atoms with van der Waals surface area (Å²) < 4.78 is 3.30. The molecule has 1 aromatic rings. The van der Waals surface area contributed by atoms with Crippen LogP contribution in [0.15, 0.2) is 21.3 Å². The van der Waals surface area contributed by atoms with E-state index in [9.17, 15) is 0 Å². The number of thiophene rings is 1. The van der Waals surface area contributed by atoms with Crippen LogP contribution in [0.3, 0.4) is 0 Å². The zero-order valence-corrected chi connectivity index (χ0v) is 6.12. The lowest BCUT2D eigenvalue weighted by Crippen LogP contribution is -2.10. The smallest absolute Gasteiger partial charge is 0.146 e. The molecule has 0 radical (unpaired) electrons. The van der Waals surface area contributed by atoms with Gasteiger partial charge in [0.25, 0.3) is 0 Å². The summed E-state index contributed by atoms with van der Waals surface area (Å²) in [6.45, 7) is 0. The lowest BCUT2D eigenvalue weighted by molar-refractivity contribution is 1.61. The van der Waals surface area contributed by atoms with Gasteiger partial charge in [-0.05, 0) is 11.4 Å². The molecule has 2 nitrogen and oxygen atoms in total. The van der Waals surface area contributed by atoms with E-state index in [2.05, 4.69) is 4.51 Å². The molecule has 2 N–H and O–H groups in total. The first kappa shape index (κ1) is 6.58. The van der Waals surface area contributed by atoms with Crippen LogP contribution in [0.5, 0.6) is 0 Å². The maximum absolute atomic E-state index is 5.36. The molecular formula is C5H5ClN2S. The van der Waals surface area contributed by atoms with E-state index in [0.29, 0.717) is 5.84 Å². The molecule has 0 spiro atoms. The molecule has 0 atom stereocenters. The minimum absolute atomic E-state index is 0.373. The molecule has 1 heterocycles. The third-order valence-electron chi connectivity index (χ3n) is 0.908. The van der Waals surface area contributed by atoms with Crippen LogP contribution >= 0.6 is 23.1 Å². The highest BCUT2D eigenvalue weighted by atomic mass is 35.5. The van der Waals surface area contributed by atoms with Crippen LogP contribution in [-0.4, -0.2) is 5.84 Å². The van der Waals surface area contributed by atoms with E-state index in [1.54, 1.807) is 11.3 Å². The molecule has 0 aromatic carbocycles. The summed E-state index contributed by atoms with van der Waals surface area (Å²) in [6, 6.07) is 1.87. The highest BCUT2D eigenvalue weighted by molar-refractivity contribution is 7.08. The molecule has 0 aliphatic carbocycles. The Kier molecular flexibility index (Phi) is 2.08. The maximum Gasteiger partial charge on any atom is 0.146 e. The average molecular weight is 161 g/mol. The van der Waals surface area contributed by atoms with Crippen LogP contribution in [0.4, 0.5) is 0 Å². The number of rotatable bonds is 1. The van der Waals surface area contributed by atoms with Gasteiger partial charge < -0.3 is 5.73 Å². The minimum Gasteiger partial charge on any atom is -0.382 e. The second-order valence-electron chi connectivity index (χ2n) is 1.48. The summed E-state index contributed by atoms with van der Waals surface area (Å²) in [6.07, 6.45) is 0. The van der Waals surface area contributed by atoms with Crippen molar-refractivity contribution in [1.82, 2.24) is 0 Å². The van der Waals surface area contributed by atoms with Crippen molar-refractivity contribution in [2.24, 2.45) is 10.2 Å². The molecule has 1 rings (SSSR count). The van der Waals surface area contributed by atoms with Crippen LogP contribution in [0.1, 0.15) is 5.56 Å². The molecule has 0 aliphatic heterocycles. The van der Waals surface area contributed by atoms with E-state index in [4.69, 9.17) is 17.5 Å². The SMILES string of the molecule is NC(=NCl)c1ccsc1. The number of nitrogens with zero attached hydrogens (tertiary/aromatic N) is 1. The van der Waals surface area contributed by atoms with Crippen molar-refractivity contribution in [3.8, 4) is 0 Å². The molecular weight excluding hydrogens is 156 g/mol. The Morgan fingerprint density at radius 3 is 3.00 bits per heavy atom. The van der Waals surface area contributed by atoms with Crippen molar-refractivity contribution in [1.29, 1.82) is 0 Å². The van der Waals surface area contributed by atoms with Crippen LogP contribution in [0.25, 0.3) is 0 Å². The third-order valence-corrected chi connectivity index (χ3v) is 1.77. The van der Waals surface area contributed by atoms with Crippen molar-refractivity contribution in [2.75, 3.05) is 0 Å². The molecule has 1 aromatic heterocycles. The summed E-state index contributed by atoms with van der Waals surface area (Å²) in [7, 11) is 0. The minimum atomic E-state index is 0.373. The largest absolute Gasteiger partial charge is 0.382 e. The molecule has 0 fully saturated rings. The van der Waals surface area contributed by atoms with Gasteiger partial charge in [0, 0.05) is 22.7 Å². The zero-order valence-electron chi connectivity index (χ0n) is 4.54. The summed E-state index contributed by atoms with van der Waals surface area (Å²) in [5.41, 5.74) is 6.25. The van der Waals surface area contributed by atoms with E-state index in [1.807, 2.05) is 16.8 Å². The number of nitrogens with two attached hydrogens (primary N) is 1. The topological polar surface area (TPSA) is 38.4 Å². The molecule has 0 saturated heterocycles. The van der Waals surface area contributed by atoms with Gasteiger partial charge in [-0.15, -0.1) is 0 Å². The summed E-state index contributed by atoms with van der Waals surface area (Å²) >= 11 is 6.67. The van der Waals surface area contributed by atoms with E-state index in [1.165, 1.54) is 0 Å². The molecule has 9 heavy (non-hydrogen) atoms. The fraction of sp³-hybridized carbons (Fsp3) is 0. The molecule has 0 bridgehead atoms. The van der Waals surface area contributed by atoms with Crippen molar-refractivity contribution in [2.45, 2.75) is 0 Å². The predicted octanol–water partition coefficient (Wildman–Crippen LogP) is 1.61. The average Bonchev–Trinajstić information content (AvgIpc) is 2.37. The van der Waals surface area contributed by atoms with Crippen LogP contribution < -0.4 is 5.73 Å². The Hall–Kier alpha value is -0.540. The van der Waals surface area contributed by atoms with Gasteiger partial charge >= 0.3 is 0 Å². The second-order valence-corrected chi connectivity index (χ2v) is 2.43. The first-order valence-electron chi connectivity index (χ1n) is 2.31. The standard InChI is InChI=1S/C5H5ClN2S/c6-8-5(7)4-1-2-9-3-4/h1-3H,(H2,7,8). The van der Waals surface area contributed by atoms with Gasteiger partial charge in [-0.25, -0.2) is 0 Å². The highest BCUT2D eigenvalue weighted by Gasteiger charge is 1.94. The van der Waals surface area contributed by atoms with Gasteiger partial charge in [-0.3, -0.25) is 0 Å². The van der Waals surface area contributed by atoms with Crippen LogP contribution in [0, 0.1) is 0 Å². The Morgan fingerprint density at radius 1 is 1.78 bits per heavy atom. The number of halogens is 1. The summed E-state index contributed by atoms with van der Waals surface area (Å²) in [5.74, 6) is 0.373. The van der Waals surface area contributed by atoms with Gasteiger partial charge in [0.05, 0.1) is 0 Å². The first-order chi connectivity index (χ1) is 4.34. The lowest BCUT2D eigenvalue weighted by Gasteiger charge is -1.87. The van der Waals surface area contributed by atoms with Gasteiger partial charge in [-0.1, -0.05) is 0 Å². The monoisotopic (exact) mass is 160 g/mol. The molecule has 0 unspecified atom stereocenters. The fourth-order valence-corrected chi connectivity index (χ4v) is 1.21. The van der Waals surface area contributed by atoms with Crippen LogP contribution in [0.2, 0.25) is 0 Å². The van der Waals surface area contributed by atoms with Gasteiger partial charge in [0.1, 0.15) is 5.84 Å². The van der Waals surface area contributed by atoms with E-state index in [-0.39, 0.29) is 0 Å². The van der Waals surface area contributed by atoms with Gasteiger partial charge in [0.15, 0.2) is 0 Å². The lowest BCUT2D eigenvalue weighted by atomic mass is 10.3. The van der Waals surface area contributed by atoms with E-state index in [0.717, 1.165) is 5.56 Å². The van der Waals surface area contributed by atoms with Crippen molar-refractivity contribution in [3.05, 3.63) is 22.4 Å². The molecule has 0 saturated carbocycles. The molecule has 4 heteroatoms. The number of amidine groups is 1. The Morgan fingerprint density at radius 2 is 2.56 bits per heavy atom. The Balaban J connectivity index is 2.90. The number of hydrogen-bond acceptors (Lipinski definition) is 2. The summed E-state index contributed by atoms with van der Waals surface area (Å²) in [5, 5.41) is 3.81. The van der Waals surface area contributed by atoms with Crippen molar-refractivity contribution in [3.63, 3.8) is 0 Å². The van der Waals surface area contributed by atoms with Crippen LogP contribution in [-0.2, 0) is 0 Å². The Bertz CT molecular complexity index is 205. The quantitative estimate of drug-likeness (QED) is 0.492. The third kappa shape index (κ3) is 1.43. The van der Waals surface area contributed by atoms with Crippen molar-refractivity contribution >= 4 is 28.9 Å². The normalized spacial score (nSPS) is 11.9. The molecule has 48 valence electrons. The second kappa shape index (κ2) is 2.85. The maximum atomic E-state index is 5.36.